The van der Waals surface area contributed by atoms with Crippen molar-refractivity contribution in [1.29, 1.82) is 0 Å². The van der Waals surface area contributed by atoms with Crippen molar-refractivity contribution in [2.24, 2.45) is 0 Å². The van der Waals surface area contributed by atoms with Crippen molar-refractivity contribution in [3.63, 3.8) is 0 Å². The van der Waals surface area contributed by atoms with E-state index in [4.69, 9.17) is 4.74 Å². The zero-order chi connectivity index (χ0) is 12.4. The van der Waals surface area contributed by atoms with E-state index in [0.717, 1.165) is 0 Å². The van der Waals surface area contributed by atoms with Gasteiger partial charge in [0.2, 0.25) is 0 Å². The van der Waals surface area contributed by atoms with Crippen molar-refractivity contribution in [2.75, 3.05) is 11.9 Å². The van der Waals surface area contributed by atoms with E-state index in [9.17, 15) is 14.0 Å². The van der Waals surface area contributed by atoms with Gasteiger partial charge in [0.1, 0.15) is 11.5 Å². The molecule has 0 aromatic heterocycles. The van der Waals surface area contributed by atoms with Crippen molar-refractivity contribution in [1.82, 2.24) is 0 Å². The van der Waals surface area contributed by atoms with Crippen molar-refractivity contribution in [2.45, 2.75) is 6.92 Å². The quantitative estimate of drug-likeness (QED) is 0.817. The van der Waals surface area contributed by atoms with Crippen LogP contribution >= 0.6 is 0 Å². The van der Waals surface area contributed by atoms with E-state index in [2.05, 4.69) is 5.32 Å². The predicted molar refractivity (Wildman–Crippen MR) is 62.2 cm³/mol. The molecule has 0 heterocycles. The molecule has 0 saturated heterocycles. The van der Waals surface area contributed by atoms with E-state index in [1.165, 1.54) is 18.2 Å². The Balaban J connectivity index is 2.28. The second-order valence-corrected chi connectivity index (χ2v) is 3.43. The van der Waals surface area contributed by atoms with Crippen molar-refractivity contribution < 1.29 is 9.13 Å². The summed E-state index contributed by atoms with van der Waals surface area (Å²) < 4.78 is 17.9. The number of anilines is 2. The molecule has 0 saturated carbocycles. The first-order valence-electron chi connectivity index (χ1n) is 5.12. The van der Waals surface area contributed by atoms with Gasteiger partial charge in [-0.25, -0.2) is 4.39 Å². The minimum atomic E-state index is -0.647. The van der Waals surface area contributed by atoms with Gasteiger partial charge in [0.25, 0.3) is 10.9 Å². The standard InChI is InChI=1S/C12H10FNO3/c1-2-17-12-9(10(15)11(12)16)14-8-5-3-4-7(13)6-8/h3-6,14H,2H2,1H3. The normalized spacial score (nSPS) is 10.5. The molecule has 5 heteroatoms. The Bertz CT molecular complexity index is 614. The molecule has 0 bridgehead atoms. The second kappa shape index (κ2) is 4.37. The fourth-order valence-corrected chi connectivity index (χ4v) is 1.48. The van der Waals surface area contributed by atoms with Crippen LogP contribution in [0.25, 0.3) is 0 Å². The number of benzene rings is 1. The first kappa shape index (κ1) is 11.3. The summed E-state index contributed by atoms with van der Waals surface area (Å²) >= 11 is 0. The molecular weight excluding hydrogens is 225 g/mol. The maximum Gasteiger partial charge on any atom is 0.272 e. The maximum atomic E-state index is 12.9. The average Bonchev–Trinajstić information content (AvgIpc) is 2.33. The van der Waals surface area contributed by atoms with Crippen LogP contribution in [-0.2, 0) is 0 Å². The Labute approximate surface area is 96.3 Å². The lowest BCUT2D eigenvalue weighted by molar-refractivity contribution is 0.335. The third-order valence-electron chi connectivity index (χ3n) is 2.25. The summed E-state index contributed by atoms with van der Waals surface area (Å²) in [6.45, 7) is 2.01. The highest BCUT2D eigenvalue weighted by molar-refractivity contribution is 5.69. The molecule has 2 rings (SSSR count). The topological polar surface area (TPSA) is 55.4 Å². The van der Waals surface area contributed by atoms with Crippen LogP contribution in [0.1, 0.15) is 6.92 Å². The minimum Gasteiger partial charge on any atom is -0.488 e. The Kier molecular flexibility index (Phi) is 2.91. The van der Waals surface area contributed by atoms with Gasteiger partial charge in [-0.3, -0.25) is 9.59 Å². The predicted octanol–water partition coefficient (Wildman–Crippen LogP) is 1.56. The van der Waals surface area contributed by atoms with Gasteiger partial charge in [-0.1, -0.05) is 6.07 Å². The van der Waals surface area contributed by atoms with Gasteiger partial charge in [0.05, 0.1) is 6.61 Å². The third-order valence-corrected chi connectivity index (χ3v) is 2.25. The second-order valence-electron chi connectivity index (χ2n) is 3.43. The molecule has 0 amide bonds. The average molecular weight is 235 g/mol. The van der Waals surface area contributed by atoms with Crippen LogP contribution in [0, 0.1) is 5.82 Å². The molecule has 4 nitrogen and oxygen atoms in total. The third kappa shape index (κ3) is 2.04. The number of hydrogen-bond acceptors (Lipinski definition) is 4. The van der Waals surface area contributed by atoms with Crippen LogP contribution < -0.4 is 20.9 Å². The van der Waals surface area contributed by atoms with E-state index in [1.807, 2.05) is 0 Å². The van der Waals surface area contributed by atoms with Crippen molar-refractivity contribution in [3.8, 4) is 5.75 Å². The Hall–Kier alpha value is -2.17. The lowest BCUT2D eigenvalue weighted by Crippen LogP contribution is -2.35. The summed E-state index contributed by atoms with van der Waals surface area (Å²) in [5.74, 6) is -0.409. The van der Waals surface area contributed by atoms with Crippen molar-refractivity contribution in [3.05, 3.63) is 50.5 Å². The van der Waals surface area contributed by atoms with Gasteiger partial charge in [0.15, 0.2) is 5.75 Å². The van der Waals surface area contributed by atoms with Crippen LogP contribution in [-0.4, -0.2) is 6.61 Å². The molecule has 2 aromatic rings. The number of ether oxygens (including phenoxy) is 1. The van der Waals surface area contributed by atoms with Crippen LogP contribution in [0.5, 0.6) is 5.75 Å². The highest BCUT2D eigenvalue weighted by Gasteiger charge is 2.22. The maximum absolute atomic E-state index is 12.9. The van der Waals surface area contributed by atoms with E-state index < -0.39 is 16.7 Å². The molecule has 88 valence electrons. The van der Waals surface area contributed by atoms with Crippen LogP contribution in [0.3, 0.4) is 0 Å². The van der Waals surface area contributed by atoms with Crippen LogP contribution in [0.15, 0.2) is 33.9 Å². The van der Waals surface area contributed by atoms with E-state index in [1.54, 1.807) is 13.0 Å². The summed E-state index contributed by atoms with van der Waals surface area (Å²) in [4.78, 5) is 22.5. The molecule has 1 N–H and O–H groups in total. The Morgan fingerprint density at radius 3 is 2.71 bits per heavy atom. The SMILES string of the molecule is CCOc1c(Nc2cccc(F)c2)c(=O)c1=O. The summed E-state index contributed by atoms with van der Waals surface area (Å²) in [7, 11) is 0. The molecule has 17 heavy (non-hydrogen) atoms. The summed E-state index contributed by atoms with van der Waals surface area (Å²) in [5.41, 5.74) is -0.802. The molecule has 0 aliphatic heterocycles. The molecule has 0 spiro atoms. The van der Waals surface area contributed by atoms with E-state index in [-0.39, 0.29) is 11.4 Å². The minimum absolute atomic E-state index is 0.0155. The monoisotopic (exact) mass is 235 g/mol. The van der Waals surface area contributed by atoms with Gasteiger partial charge in [0, 0.05) is 5.69 Å². The molecular formula is C12H10FNO3. The van der Waals surface area contributed by atoms with Gasteiger partial charge in [-0.2, -0.15) is 0 Å². The molecule has 0 aliphatic rings. The zero-order valence-electron chi connectivity index (χ0n) is 9.12. The molecule has 0 radical (unpaired) electrons. The fraction of sp³-hybridized carbons (Fsp3) is 0.167. The lowest BCUT2D eigenvalue weighted by atomic mass is 10.2. The summed E-state index contributed by atoms with van der Waals surface area (Å²) in [6.07, 6.45) is 0. The number of hydrogen-bond donors (Lipinski definition) is 1. The van der Waals surface area contributed by atoms with E-state index in [0.29, 0.717) is 12.3 Å². The first-order chi connectivity index (χ1) is 8.13. The van der Waals surface area contributed by atoms with Crippen LogP contribution in [0.4, 0.5) is 15.8 Å². The van der Waals surface area contributed by atoms with Crippen LogP contribution in [0.2, 0.25) is 0 Å². The van der Waals surface area contributed by atoms with Gasteiger partial charge in [-0.05, 0) is 25.1 Å². The van der Waals surface area contributed by atoms with Crippen molar-refractivity contribution >= 4 is 11.4 Å². The highest BCUT2D eigenvalue weighted by Crippen LogP contribution is 2.22. The number of nitrogens with one attached hydrogen (secondary N) is 1. The zero-order valence-corrected chi connectivity index (χ0v) is 9.12. The molecule has 0 unspecified atom stereocenters. The smallest absolute Gasteiger partial charge is 0.272 e. The number of halogens is 1. The molecule has 0 aliphatic carbocycles. The number of rotatable bonds is 4. The Morgan fingerprint density at radius 2 is 2.06 bits per heavy atom. The fourth-order valence-electron chi connectivity index (χ4n) is 1.48. The summed E-state index contributed by atoms with van der Waals surface area (Å²) in [6, 6.07) is 5.61. The van der Waals surface area contributed by atoms with Gasteiger partial charge < -0.3 is 10.1 Å². The molecule has 0 atom stereocenters. The molecule has 0 fully saturated rings. The molecule has 2 aromatic carbocycles. The highest BCUT2D eigenvalue weighted by atomic mass is 19.1. The lowest BCUT2D eigenvalue weighted by Gasteiger charge is -2.12. The summed E-state index contributed by atoms with van der Waals surface area (Å²) in [5, 5.41) is 2.68. The van der Waals surface area contributed by atoms with E-state index >= 15 is 0 Å². The van der Waals surface area contributed by atoms with Gasteiger partial charge >= 0.3 is 0 Å². The largest absolute Gasteiger partial charge is 0.488 e. The Morgan fingerprint density at radius 1 is 1.29 bits per heavy atom. The first-order valence-corrected chi connectivity index (χ1v) is 5.12. The van der Waals surface area contributed by atoms with Gasteiger partial charge in [-0.15, -0.1) is 0 Å².